The van der Waals surface area contributed by atoms with E-state index in [1.165, 1.54) is 12.1 Å². The minimum atomic E-state index is -0.230. The van der Waals surface area contributed by atoms with Gasteiger partial charge >= 0.3 is 0 Å². The second kappa shape index (κ2) is 6.50. The van der Waals surface area contributed by atoms with Crippen molar-refractivity contribution in [1.29, 1.82) is 0 Å². The lowest BCUT2D eigenvalue weighted by Crippen LogP contribution is -2.04. The van der Waals surface area contributed by atoms with Gasteiger partial charge in [-0.3, -0.25) is 0 Å². The van der Waals surface area contributed by atoms with E-state index in [4.69, 9.17) is 0 Å². The number of halogens is 1. The quantitative estimate of drug-likeness (QED) is 0.671. The molecule has 0 spiro atoms. The zero-order valence-corrected chi connectivity index (χ0v) is 14.0. The highest BCUT2D eigenvalue weighted by Crippen LogP contribution is 2.34. The molecule has 1 aromatic heterocycles. The summed E-state index contributed by atoms with van der Waals surface area (Å²) in [5, 5.41) is 13.0. The molecule has 1 heterocycles. The molecule has 0 aliphatic heterocycles. The van der Waals surface area contributed by atoms with Crippen LogP contribution < -0.4 is 0 Å². The Hall–Kier alpha value is -2.21. The molecule has 4 nitrogen and oxygen atoms in total. The first kappa shape index (κ1) is 15.7. The van der Waals surface area contributed by atoms with Crippen LogP contribution in [-0.2, 0) is 0 Å². The summed E-state index contributed by atoms with van der Waals surface area (Å²) in [6.07, 6.45) is 0. The van der Waals surface area contributed by atoms with Crippen LogP contribution in [0.25, 0.3) is 5.69 Å². The molecular weight excluding hydrogens is 311 g/mol. The van der Waals surface area contributed by atoms with E-state index in [1.54, 1.807) is 28.6 Å². The standard InChI is InChI=1S/C17H17FN4S/c1-11-5-4-6-12(2)16(11)22-17(19-20-21-22)23-13(3)14-7-9-15(18)10-8-14/h4-10,13H,1-3H3. The van der Waals surface area contributed by atoms with E-state index in [9.17, 15) is 4.39 Å². The van der Waals surface area contributed by atoms with Gasteiger partial charge in [0.25, 0.3) is 0 Å². The average molecular weight is 328 g/mol. The van der Waals surface area contributed by atoms with Crippen LogP contribution in [0.15, 0.2) is 47.6 Å². The molecule has 6 heteroatoms. The van der Waals surface area contributed by atoms with E-state index >= 15 is 0 Å². The number of tetrazole rings is 1. The Balaban J connectivity index is 1.91. The van der Waals surface area contributed by atoms with Gasteiger partial charge in [0.1, 0.15) is 5.82 Å². The third-order valence-corrected chi connectivity index (χ3v) is 4.80. The Labute approximate surface area is 138 Å². The molecule has 23 heavy (non-hydrogen) atoms. The zero-order chi connectivity index (χ0) is 16.4. The maximum atomic E-state index is 13.1. The van der Waals surface area contributed by atoms with Gasteiger partial charge in [0, 0.05) is 5.25 Å². The molecule has 0 aliphatic rings. The van der Waals surface area contributed by atoms with Gasteiger partial charge in [-0.15, -0.1) is 5.10 Å². The van der Waals surface area contributed by atoms with Crippen molar-refractivity contribution in [2.24, 2.45) is 0 Å². The summed E-state index contributed by atoms with van der Waals surface area (Å²) in [7, 11) is 0. The monoisotopic (exact) mass is 328 g/mol. The summed E-state index contributed by atoms with van der Waals surface area (Å²) < 4.78 is 14.8. The van der Waals surface area contributed by atoms with E-state index < -0.39 is 0 Å². The molecule has 118 valence electrons. The molecule has 0 amide bonds. The molecular formula is C17H17FN4S. The fraction of sp³-hybridized carbons (Fsp3) is 0.235. The van der Waals surface area contributed by atoms with Crippen LogP contribution >= 0.6 is 11.8 Å². The smallest absolute Gasteiger partial charge is 0.207 e. The van der Waals surface area contributed by atoms with Crippen molar-refractivity contribution in [3.8, 4) is 5.69 Å². The topological polar surface area (TPSA) is 43.6 Å². The van der Waals surface area contributed by atoms with Crippen LogP contribution in [0.2, 0.25) is 0 Å². The Morgan fingerprint density at radius 3 is 2.35 bits per heavy atom. The maximum Gasteiger partial charge on any atom is 0.214 e. The first-order valence-electron chi connectivity index (χ1n) is 7.33. The summed E-state index contributed by atoms with van der Waals surface area (Å²) >= 11 is 1.55. The lowest BCUT2D eigenvalue weighted by molar-refractivity contribution is 0.627. The van der Waals surface area contributed by atoms with E-state index in [0.717, 1.165) is 27.5 Å². The number of aryl methyl sites for hydroxylation is 2. The lowest BCUT2D eigenvalue weighted by Gasteiger charge is -2.13. The molecule has 0 fully saturated rings. The van der Waals surface area contributed by atoms with Crippen LogP contribution in [0, 0.1) is 19.7 Å². The van der Waals surface area contributed by atoms with Gasteiger partial charge in [0.15, 0.2) is 0 Å². The normalized spacial score (nSPS) is 12.3. The third kappa shape index (κ3) is 3.27. The van der Waals surface area contributed by atoms with Crippen LogP contribution in [-0.4, -0.2) is 20.2 Å². The van der Waals surface area contributed by atoms with Crippen molar-refractivity contribution in [3.05, 3.63) is 65.0 Å². The van der Waals surface area contributed by atoms with Gasteiger partial charge in [-0.25, -0.2) is 4.39 Å². The minimum Gasteiger partial charge on any atom is -0.207 e. The molecule has 3 aromatic rings. The Morgan fingerprint density at radius 1 is 1.04 bits per heavy atom. The number of rotatable bonds is 4. The van der Waals surface area contributed by atoms with Gasteiger partial charge < -0.3 is 0 Å². The van der Waals surface area contributed by atoms with Crippen molar-refractivity contribution >= 4 is 11.8 Å². The van der Waals surface area contributed by atoms with E-state index in [-0.39, 0.29) is 11.1 Å². The van der Waals surface area contributed by atoms with Crippen molar-refractivity contribution in [2.45, 2.75) is 31.2 Å². The summed E-state index contributed by atoms with van der Waals surface area (Å²) in [6, 6.07) is 12.6. The highest BCUT2D eigenvalue weighted by molar-refractivity contribution is 7.99. The Morgan fingerprint density at radius 2 is 1.70 bits per heavy atom. The molecule has 0 bridgehead atoms. The van der Waals surface area contributed by atoms with E-state index in [0.29, 0.717) is 0 Å². The molecule has 1 unspecified atom stereocenters. The largest absolute Gasteiger partial charge is 0.214 e. The number of nitrogens with zero attached hydrogens (tertiary/aromatic N) is 4. The van der Waals surface area contributed by atoms with Crippen LogP contribution in [0.1, 0.15) is 28.9 Å². The van der Waals surface area contributed by atoms with Crippen LogP contribution in [0.3, 0.4) is 0 Å². The molecule has 2 aromatic carbocycles. The first-order valence-corrected chi connectivity index (χ1v) is 8.21. The highest BCUT2D eigenvalue weighted by Gasteiger charge is 2.17. The SMILES string of the molecule is Cc1cccc(C)c1-n1nnnc1SC(C)c1ccc(F)cc1. The van der Waals surface area contributed by atoms with Gasteiger partial charge in [-0.2, -0.15) is 4.68 Å². The number of hydrogen-bond donors (Lipinski definition) is 0. The number of thioether (sulfide) groups is 1. The minimum absolute atomic E-state index is 0.115. The Bertz CT molecular complexity index is 793. The van der Waals surface area contributed by atoms with Gasteiger partial charge in [-0.05, 0) is 60.0 Å². The molecule has 0 saturated carbocycles. The van der Waals surface area contributed by atoms with Gasteiger partial charge in [0.2, 0.25) is 5.16 Å². The van der Waals surface area contributed by atoms with Crippen LogP contribution in [0.5, 0.6) is 0 Å². The predicted octanol–water partition coefficient (Wildman–Crippen LogP) is 4.27. The predicted molar refractivity (Wildman–Crippen MR) is 89.3 cm³/mol. The summed E-state index contributed by atoms with van der Waals surface area (Å²) in [5.74, 6) is -0.230. The van der Waals surface area contributed by atoms with Crippen molar-refractivity contribution in [2.75, 3.05) is 0 Å². The van der Waals surface area contributed by atoms with E-state index in [1.807, 2.05) is 32.0 Å². The zero-order valence-electron chi connectivity index (χ0n) is 13.2. The van der Waals surface area contributed by atoms with Gasteiger partial charge in [0.05, 0.1) is 5.69 Å². The second-order valence-corrected chi connectivity index (χ2v) is 6.73. The maximum absolute atomic E-state index is 13.1. The first-order chi connectivity index (χ1) is 11.1. The third-order valence-electron chi connectivity index (χ3n) is 3.71. The number of para-hydroxylation sites is 1. The second-order valence-electron chi connectivity index (χ2n) is 5.43. The number of hydrogen-bond acceptors (Lipinski definition) is 4. The van der Waals surface area contributed by atoms with Crippen LogP contribution in [0.4, 0.5) is 4.39 Å². The Kier molecular flexibility index (Phi) is 4.43. The summed E-state index contributed by atoms with van der Waals surface area (Å²) in [5.41, 5.74) is 4.28. The van der Waals surface area contributed by atoms with E-state index in [2.05, 4.69) is 22.4 Å². The molecule has 3 rings (SSSR count). The van der Waals surface area contributed by atoms with Crippen molar-refractivity contribution < 1.29 is 4.39 Å². The molecule has 0 saturated heterocycles. The molecule has 0 aliphatic carbocycles. The fourth-order valence-electron chi connectivity index (χ4n) is 2.49. The molecule has 1 atom stereocenters. The fourth-order valence-corrected chi connectivity index (χ4v) is 3.41. The summed E-state index contributed by atoms with van der Waals surface area (Å²) in [4.78, 5) is 0. The van der Waals surface area contributed by atoms with Gasteiger partial charge in [-0.1, -0.05) is 42.1 Å². The number of benzene rings is 2. The van der Waals surface area contributed by atoms with Crippen molar-refractivity contribution in [1.82, 2.24) is 20.2 Å². The highest BCUT2D eigenvalue weighted by atomic mass is 32.2. The molecule has 0 N–H and O–H groups in total. The lowest BCUT2D eigenvalue weighted by atomic mass is 10.1. The summed E-state index contributed by atoms with van der Waals surface area (Å²) in [6.45, 7) is 6.14. The average Bonchev–Trinajstić information content (AvgIpc) is 2.95. The molecule has 0 radical (unpaired) electrons. The van der Waals surface area contributed by atoms with Crippen molar-refractivity contribution in [3.63, 3.8) is 0 Å². The number of aromatic nitrogens is 4.